The summed E-state index contributed by atoms with van der Waals surface area (Å²) in [5.74, 6) is 6.41. The van der Waals surface area contributed by atoms with Crippen LogP contribution in [0.3, 0.4) is 0 Å². The number of hydrazine groups is 1. The fraction of sp³-hybridized carbons (Fsp3) is 0.429. The van der Waals surface area contributed by atoms with Crippen LogP contribution in [-0.2, 0) is 19.5 Å². The van der Waals surface area contributed by atoms with Gasteiger partial charge in [-0.2, -0.15) is 0 Å². The van der Waals surface area contributed by atoms with Gasteiger partial charge >= 0.3 is 0 Å². The molecule has 3 rings (SSSR count). The number of rotatable bonds is 5. The van der Waals surface area contributed by atoms with Crippen LogP contribution in [0, 0.1) is 0 Å². The van der Waals surface area contributed by atoms with Gasteiger partial charge in [0.2, 0.25) is 5.95 Å². The molecule has 1 aliphatic heterocycles. The van der Waals surface area contributed by atoms with Gasteiger partial charge in [0.25, 0.3) is 0 Å². The molecule has 0 saturated heterocycles. The first-order chi connectivity index (χ1) is 13.6. The highest BCUT2D eigenvalue weighted by atomic mass is 16.3. The van der Waals surface area contributed by atoms with Gasteiger partial charge in [-0.05, 0) is 57.5 Å². The molecule has 1 aromatic carbocycles. The maximum atomic E-state index is 8.52. The standard InChI is InChI=1S/C17H23N7.C4H10O/c1-23-8-6-14-10-20-17(22-16(14)12-23)21-15-4-2-13(3-5-15)11-24(19)9-7-18;1-4(2,3)5/h2-5,7,9-10H,6,8,11-12,18-19H2,1H3,(H,20,21,22);5H,1-3H3/b9-7-;. The second-order valence-corrected chi connectivity index (χ2v) is 8.16. The summed E-state index contributed by atoms with van der Waals surface area (Å²) in [6.45, 7) is 7.75. The van der Waals surface area contributed by atoms with Crippen molar-refractivity contribution in [2.75, 3.05) is 18.9 Å². The molecular weight excluding hydrogens is 366 g/mol. The molecule has 158 valence electrons. The second kappa shape index (κ2) is 10.2. The van der Waals surface area contributed by atoms with E-state index in [0.29, 0.717) is 12.5 Å². The van der Waals surface area contributed by atoms with Crippen LogP contribution in [0.2, 0.25) is 0 Å². The molecule has 8 heteroatoms. The maximum Gasteiger partial charge on any atom is 0.227 e. The molecular formula is C21H33N7O. The number of aliphatic hydroxyl groups is 1. The van der Waals surface area contributed by atoms with Gasteiger partial charge in [0.1, 0.15) is 0 Å². The molecule has 2 heterocycles. The summed E-state index contributed by atoms with van der Waals surface area (Å²) >= 11 is 0. The molecule has 0 fully saturated rings. The summed E-state index contributed by atoms with van der Waals surface area (Å²) in [5.41, 5.74) is 9.20. The highest BCUT2D eigenvalue weighted by Gasteiger charge is 2.15. The Labute approximate surface area is 173 Å². The minimum atomic E-state index is -0.500. The largest absolute Gasteiger partial charge is 0.403 e. The highest BCUT2D eigenvalue weighted by Crippen LogP contribution is 2.19. The lowest BCUT2D eigenvalue weighted by Crippen LogP contribution is -2.27. The third kappa shape index (κ3) is 8.47. The summed E-state index contributed by atoms with van der Waals surface area (Å²) in [6.07, 6.45) is 5.98. The average molecular weight is 400 g/mol. The Morgan fingerprint density at radius 3 is 2.55 bits per heavy atom. The Morgan fingerprint density at radius 2 is 1.93 bits per heavy atom. The third-order valence-corrected chi connectivity index (χ3v) is 3.99. The highest BCUT2D eigenvalue weighted by molar-refractivity contribution is 5.54. The molecule has 0 bridgehead atoms. The molecule has 0 unspecified atom stereocenters. The van der Waals surface area contributed by atoms with Gasteiger partial charge in [-0.25, -0.2) is 15.8 Å². The average Bonchev–Trinajstić information content (AvgIpc) is 2.62. The molecule has 8 nitrogen and oxygen atoms in total. The molecule has 0 spiro atoms. The Kier molecular flexibility index (Phi) is 7.95. The number of likely N-dealkylation sites (N-methyl/N-ethyl adjacent to an activating group) is 1. The van der Waals surface area contributed by atoms with Crippen molar-refractivity contribution in [2.24, 2.45) is 11.6 Å². The van der Waals surface area contributed by atoms with Gasteiger partial charge in [0, 0.05) is 37.4 Å². The van der Waals surface area contributed by atoms with E-state index < -0.39 is 5.60 Å². The van der Waals surface area contributed by atoms with Crippen LogP contribution in [-0.4, -0.2) is 44.2 Å². The van der Waals surface area contributed by atoms with Gasteiger partial charge in [-0.15, -0.1) is 0 Å². The number of nitrogens with one attached hydrogen (secondary N) is 1. The molecule has 0 atom stereocenters. The predicted octanol–water partition coefficient (Wildman–Crippen LogP) is 2.09. The molecule has 0 amide bonds. The lowest BCUT2D eigenvalue weighted by atomic mass is 10.1. The van der Waals surface area contributed by atoms with Crippen molar-refractivity contribution in [3.05, 3.63) is 59.7 Å². The van der Waals surface area contributed by atoms with Crippen molar-refractivity contribution >= 4 is 11.6 Å². The number of nitrogens with zero attached hydrogens (tertiary/aromatic N) is 4. The summed E-state index contributed by atoms with van der Waals surface area (Å²) in [7, 11) is 2.11. The van der Waals surface area contributed by atoms with E-state index in [1.54, 1.807) is 27.0 Å². The molecule has 0 aliphatic carbocycles. The summed E-state index contributed by atoms with van der Waals surface area (Å²) in [4.78, 5) is 11.3. The summed E-state index contributed by atoms with van der Waals surface area (Å²) < 4.78 is 0. The van der Waals surface area contributed by atoms with Crippen molar-refractivity contribution in [3.63, 3.8) is 0 Å². The van der Waals surface area contributed by atoms with Crippen LogP contribution >= 0.6 is 0 Å². The lowest BCUT2D eigenvalue weighted by molar-refractivity contribution is 0.102. The number of aromatic nitrogens is 2. The number of hydrogen-bond acceptors (Lipinski definition) is 8. The first kappa shape index (κ1) is 22.6. The van der Waals surface area contributed by atoms with Crippen LogP contribution in [0.4, 0.5) is 11.6 Å². The summed E-state index contributed by atoms with van der Waals surface area (Å²) in [6, 6.07) is 8.01. The van der Waals surface area contributed by atoms with E-state index in [0.717, 1.165) is 36.5 Å². The molecule has 0 saturated carbocycles. The first-order valence-corrected chi connectivity index (χ1v) is 9.65. The van der Waals surface area contributed by atoms with Crippen LogP contribution in [0.5, 0.6) is 0 Å². The number of anilines is 2. The zero-order valence-electron chi connectivity index (χ0n) is 17.8. The van der Waals surface area contributed by atoms with E-state index in [9.17, 15) is 0 Å². The van der Waals surface area contributed by atoms with Crippen LogP contribution < -0.4 is 16.9 Å². The van der Waals surface area contributed by atoms with Gasteiger partial charge < -0.3 is 26.1 Å². The van der Waals surface area contributed by atoms with Crippen LogP contribution in [0.25, 0.3) is 0 Å². The quantitative estimate of drug-likeness (QED) is 0.446. The van der Waals surface area contributed by atoms with E-state index in [2.05, 4.69) is 27.2 Å². The van der Waals surface area contributed by atoms with Crippen LogP contribution in [0.15, 0.2) is 42.9 Å². The Bertz CT molecular complexity index is 794. The zero-order valence-corrected chi connectivity index (χ0v) is 17.8. The number of benzene rings is 1. The molecule has 1 aromatic heterocycles. The monoisotopic (exact) mass is 399 g/mol. The second-order valence-electron chi connectivity index (χ2n) is 8.16. The predicted molar refractivity (Wildman–Crippen MR) is 117 cm³/mol. The van der Waals surface area contributed by atoms with Crippen molar-refractivity contribution in [1.29, 1.82) is 0 Å². The first-order valence-electron chi connectivity index (χ1n) is 9.65. The minimum absolute atomic E-state index is 0.500. The van der Waals surface area contributed by atoms with Crippen molar-refractivity contribution in [3.8, 4) is 0 Å². The minimum Gasteiger partial charge on any atom is -0.403 e. The number of nitrogens with two attached hydrogens (primary N) is 2. The SMILES string of the molecule is CC(C)(C)O.CN1CCc2cnc(Nc3ccc(CN(N)/C=C\N)cc3)nc2C1. The topological polar surface area (TPSA) is 117 Å². The Balaban J connectivity index is 0.000000537. The fourth-order valence-corrected chi connectivity index (χ4v) is 2.69. The van der Waals surface area contributed by atoms with Crippen molar-refractivity contribution in [1.82, 2.24) is 19.9 Å². The number of fused-ring (bicyclic) bond motifs is 1. The lowest BCUT2D eigenvalue weighted by Gasteiger charge is -2.23. The normalized spacial score (nSPS) is 14.1. The maximum absolute atomic E-state index is 8.52. The van der Waals surface area contributed by atoms with Crippen molar-refractivity contribution < 1.29 is 5.11 Å². The molecule has 29 heavy (non-hydrogen) atoms. The fourth-order valence-electron chi connectivity index (χ4n) is 2.69. The Hall–Kier alpha value is -2.68. The van der Waals surface area contributed by atoms with Gasteiger partial charge in [0.15, 0.2) is 0 Å². The molecule has 0 radical (unpaired) electrons. The zero-order chi connectivity index (χ0) is 21.4. The summed E-state index contributed by atoms with van der Waals surface area (Å²) in [5, 5.41) is 13.3. The van der Waals surface area contributed by atoms with E-state index in [1.807, 2.05) is 30.5 Å². The van der Waals surface area contributed by atoms with Crippen LogP contribution in [0.1, 0.15) is 37.6 Å². The molecule has 6 N–H and O–H groups in total. The molecule has 1 aliphatic rings. The van der Waals surface area contributed by atoms with E-state index in [4.69, 9.17) is 16.7 Å². The van der Waals surface area contributed by atoms with E-state index >= 15 is 0 Å². The van der Waals surface area contributed by atoms with E-state index in [-0.39, 0.29) is 0 Å². The van der Waals surface area contributed by atoms with Gasteiger partial charge in [0.05, 0.1) is 17.8 Å². The Morgan fingerprint density at radius 1 is 1.28 bits per heavy atom. The molecule has 2 aromatic rings. The van der Waals surface area contributed by atoms with Gasteiger partial charge in [-0.3, -0.25) is 0 Å². The number of hydrogen-bond donors (Lipinski definition) is 4. The van der Waals surface area contributed by atoms with Gasteiger partial charge in [-0.1, -0.05) is 12.1 Å². The van der Waals surface area contributed by atoms with Crippen molar-refractivity contribution in [2.45, 2.75) is 45.9 Å². The smallest absolute Gasteiger partial charge is 0.227 e. The van der Waals surface area contributed by atoms with E-state index in [1.165, 1.54) is 16.8 Å². The third-order valence-electron chi connectivity index (χ3n) is 3.99.